The van der Waals surface area contributed by atoms with Gasteiger partial charge in [0, 0.05) is 17.6 Å². The molecule has 2 aromatic carbocycles. The predicted molar refractivity (Wildman–Crippen MR) is 116 cm³/mol. The van der Waals surface area contributed by atoms with E-state index in [0.717, 1.165) is 10.4 Å². The maximum atomic E-state index is 11.5. The summed E-state index contributed by atoms with van der Waals surface area (Å²) in [4.78, 5) is 14.4. The third kappa shape index (κ3) is 4.27. The average molecular weight is 408 g/mol. The highest BCUT2D eigenvalue weighted by Gasteiger charge is 2.50. The second-order valence-electron chi connectivity index (χ2n) is 8.01. The van der Waals surface area contributed by atoms with Crippen LogP contribution in [0.4, 0.5) is 0 Å². The van der Waals surface area contributed by atoms with Gasteiger partial charge in [-0.25, -0.2) is 4.79 Å². The van der Waals surface area contributed by atoms with Crippen LogP contribution in [0, 0.1) is 0 Å². The molecule has 1 aliphatic heterocycles. The third-order valence-electron chi connectivity index (χ3n) is 5.14. The number of hydrogen-bond acceptors (Lipinski definition) is 4. The molecule has 0 N–H and O–H groups in total. The van der Waals surface area contributed by atoms with Gasteiger partial charge >= 0.3 is 5.97 Å². The van der Waals surface area contributed by atoms with E-state index in [0.29, 0.717) is 0 Å². The number of ether oxygens (including phenoxy) is 1. The van der Waals surface area contributed by atoms with E-state index in [-0.39, 0.29) is 11.6 Å². The molecular weight excluding hydrogens is 382 g/mol. The van der Waals surface area contributed by atoms with Crippen molar-refractivity contribution in [2.75, 3.05) is 6.61 Å². The van der Waals surface area contributed by atoms with Gasteiger partial charge in [-0.3, -0.25) is 0 Å². The molecule has 29 heavy (non-hydrogen) atoms. The highest BCUT2D eigenvalue weighted by molar-refractivity contribution is 6.99. The Bertz CT molecular complexity index is 880. The molecule has 0 aliphatic carbocycles. The first-order valence-corrected chi connectivity index (χ1v) is 11.5. The summed E-state index contributed by atoms with van der Waals surface area (Å²) < 4.78 is 12.0. The summed E-state index contributed by atoms with van der Waals surface area (Å²) in [5.41, 5.74) is 9.04. The molecule has 0 bridgehead atoms. The fraction of sp³-hybridized carbons (Fsp3) is 0.318. The molecule has 0 fully saturated rings. The topological polar surface area (TPSA) is 84.3 Å². The number of hydrogen-bond donors (Lipinski definition) is 0. The van der Waals surface area contributed by atoms with Crippen molar-refractivity contribution < 1.29 is 14.0 Å². The Morgan fingerprint density at radius 2 is 1.66 bits per heavy atom. The molecule has 0 saturated heterocycles. The summed E-state index contributed by atoms with van der Waals surface area (Å²) in [7, 11) is -2.76. The van der Waals surface area contributed by atoms with Crippen molar-refractivity contribution in [1.29, 1.82) is 0 Å². The number of carbonyl (C=O) groups excluding carboxylic acids is 1. The van der Waals surface area contributed by atoms with Gasteiger partial charge in [0.05, 0.1) is 0 Å². The van der Waals surface area contributed by atoms with Crippen molar-refractivity contribution in [3.8, 4) is 0 Å². The van der Waals surface area contributed by atoms with Gasteiger partial charge in [-0.15, -0.1) is 0 Å². The lowest BCUT2D eigenvalue weighted by Crippen LogP contribution is -2.67. The van der Waals surface area contributed by atoms with E-state index in [1.807, 2.05) is 36.4 Å². The van der Waals surface area contributed by atoms with Crippen LogP contribution >= 0.6 is 0 Å². The highest BCUT2D eigenvalue weighted by atomic mass is 28.4. The van der Waals surface area contributed by atoms with Gasteiger partial charge in [0.25, 0.3) is 8.32 Å². The normalized spacial score (nSPS) is 17.5. The molecule has 0 unspecified atom stereocenters. The number of esters is 1. The first kappa shape index (κ1) is 20.9. The zero-order valence-electron chi connectivity index (χ0n) is 16.9. The summed E-state index contributed by atoms with van der Waals surface area (Å²) in [6, 6.07) is 19.8. The van der Waals surface area contributed by atoms with Crippen LogP contribution in [0.15, 0.2) is 77.9 Å². The van der Waals surface area contributed by atoms with Gasteiger partial charge in [0.2, 0.25) is 0 Å². The first-order chi connectivity index (χ1) is 13.9. The van der Waals surface area contributed by atoms with Gasteiger partial charge in [-0.05, 0) is 27.0 Å². The smallest absolute Gasteiger partial charge is 0.331 e. The van der Waals surface area contributed by atoms with Crippen LogP contribution < -0.4 is 10.4 Å². The van der Waals surface area contributed by atoms with Crippen LogP contribution in [-0.2, 0) is 14.0 Å². The SMILES string of the molecule is CC(C)(C)[Si](OC[C@@H](N=[N+]=[N-])[C@@H]1C=CC(=O)O1)(c1ccccc1)c1ccccc1. The minimum atomic E-state index is -2.76. The van der Waals surface area contributed by atoms with Crippen molar-refractivity contribution >= 4 is 24.7 Å². The highest BCUT2D eigenvalue weighted by Crippen LogP contribution is 2.37. The maximum absolute atomic E-state index is 11.5. The molecule has 150 valence electrons. The van der Waals surface area contributed by atoms with Gasteiger partial charge in [0.15, 0.2) is 0 Å². The number of azide groups is 1. The van der Waals surface area contributed by atoms with Crippen LogP contribution in [0.1, 0.15) is 20.8 Å². The Morgan fingerprint density at radius 3 is 2.07 bits per heavy atom. The Morgan fingerprint density at radius 1 is 1.10 bits per heavy atom. The molecule has 6 nitrogen and oxygen atoms in total. The average Bonchev–Trinajstić information content (AvgIpc) is 3.14. The minimum Gasteiger partial charge on any atom is -0.454 e. The monoisotopic (exact) mass is 407 g/mol. The lowest BCUT2D eigenvalue weighted by Gasteiger charge is -2.43. The molecule has 2 atom stereocenters. The number of nitrogens with zero attached hydrogens (tertiary/aromatic N) is 3. The van der Waals surface area contributed by atoms with E-state index in [1.54, 1.807) is 6.08 Å². The molecule has 0 aromatic heterocycles. The molecule has 7 heteroatoms. The number of benzene rings is 2. The summed E-state index contributed by atoms with van der Waals surface area (Å²) in [6.07, 6.45) is 2.36. The van der Waals surface area contributed by atoms with Gasteiger partial charge in [0.1, 0.15) is 12.1 Å². The lowest BCUT2D eigenvalue weighted by atomic mass is 10.2. The second kappa shape index (κ2) is 8.65. The summed E-state index contributed by atoms with van der Waals surface area (Å²) in [5.74, 6) is -0.432. The molecule has 0 radical (unpaired) electrons. The largest absolute Gasteiger partial charge is 0.454 e. The van der Waals surface area contributed by atoms with E-state index < -0.39 is 26.4 Å². The van der Waals surface area contributed by atoms with E-state index in [4.69, 9.17) is 14.7 Å². The quantitative estimate of drug-likeness (QED) is 0.230. The molecule has 1 heterocycles. The van der Waals surface area contributed by atoms with E-state index >= 15 is 0 Å². The van der Waals surface area contributed by atoms with Crippen LogP contribution in [0.3, 0.4) is 0 Å². The minimum absolute atomic E-state index is 0.152. The van der Waals surface area contributed by atoms with Gasteiger partial charge in [-0.2, -0.15) is 0 Å². The third-order valence-corrected chi connectivity index (χ3v) is 10.1. The van der Waals surface area contributed by atoms with Crippen molar-refractivity contribution in [3.05, 3.63) is 83.3 Å². The maximum Gasteiger partial charge on any atom is 0.331 e. The van der Waals surface area contributed by atoms with Crippen LogP contribution in [0.5, 0.6) is 0 Å². The van der Waals surface area contributed by atoms with Crippen LogP contribution in [0.25, 0.3) is 10.4 Å². The number of rotatable bonds is 7. The molecule has 3 rings (SSSR count). The Labute approximate surface area is 171 Å². The molecule has 0 amide bonds. The zero-order chi connectivity index (χ0) is 20.9. The standard InChI is InChI=1S/C22H25N3O3Si/c1-22(2,3)29(17-10-6-4-7-11-17,18-12-8-5-9-13-18)27-16-19(24-25-23)20-14-15-21(26)28-20/h4-15,19-20H,16H2,1-3H3/t19-,20+/m1/s1. The van der Waals surface area contributed by atoms with Gasteiger partial charge in [-0.1, -0.05) is 86.5 Å². The molecule has 2 aromatic rings. The van der Waals surface area contributed by atoms with Crippen molar-refractivity contribution in [2.45, 2.75) is 38.0 Å². The molecule has 1 aliphatic rings. The van der Waals surface area contributed by atoms with Crippen LogP contribution in [-0.4, -0.2) is 33.0 Å². The second-order valence-corrected chi connectivity index (χ2v) is 12.3. The van der Waals surface area contributed by atoms with Crippen LogP contribution in [0.2, 0.25) is 5.04 Å². The fourth-order valence-corrected chi connectivity index (χ4v) is 8.40. The van der Waals surface area contributed by atoms with Crippen molar-refractivity contribution in [2.24, 2.45) is 5.11 Å². The number of cyclic esters (lactones) is 1. The molecule has 0 spiro atoms. The lowest BCUT2D eigenvalue weighted by molar-refractivity contribution is -0.139. The van der Waals surface area contributed by atoms with E-state index in [1.165, 1.54) is 6.08 Å². The summed E-state index contributed by atoms with van der Waals surface area (Å²) in [5, 5.41) is 5.94. The molecule has 0 saturated carbocycles. The van der Waals surface area contributed by atoms with Gasteiger partial charge < -0.3 is 9.16 Å². The Balaban J connectivity index is 2.04. The van der Waals surface area contributed by atoms with E-state index in [2.05, 4.69) is 55.1 Å². The predicted octanol–water partition coefficient (Wildman–Crippen LogP) is 3.72. The Kier molecular flexibility index (Phi) is 6.22. The van der Waals surface area contributed by atoms with E-state index in [9.17, 15) is 4.79 Å². The number of carbonyl (C=O) groups is 1. The fourth-order valence-electron chi connectivity index (χ4n) is 3.83. The van der Waals surface area contributed by atoms with Crippen molar-refractivity contribution in [1.82, 2.24) is 0 Å². The summed E-state index contributed by atoms with van der Waals surface area (Å²) in [6.45, 7) is 6.69. The molecular formula is C22H25N3O3Si. The first-order valence-electron chi connectivity index (χ1n) is 9.56. The summed E-state index contributed by atoms with van der Waals surface area (Å²) >= 11 is 0. The van der Waals surface area contributed by atoms with Crippen molar-refractivity contribution in [3.63, 3.8) is 0 Å². The Hall–Kier alpha value is -2.86. The zero-order valence-corrected chi connectivity index (χ0v) is 17.9.